The molecule has 1 heterocycles. The summed E-state index contributed by atoms with van der Waals surface area (Å²) in [6.07, 6.45) is 9.57. The quantitative estimate of drug-likeness (QED) is 0.271. The van der Waals surface area contributed by atoms with Gasteiger partial charge in [-0.05, 0) is 50.7 Å². The molecule has 1 saturated carbocycles. The molecule has 146 valence electrons. The molecule has 0 amide bonds. The molecule has 0 unspecified atom stereocenters. The van der Waals surface area contributed by atoms with Crippen molar-refractivity contribution in [2.24, 2.45) is 5.92 Å². The number of carbonyl (C=O) groups is 1. The molecule has 1 spiro atoms. The van der Waals surface area contributed by atoms with E-state index in [2.05, 4.69) is 26.8 Å². The Morgan fingerprint density at radius 1 is 1.31 bits per heavy atom. The van der Waals surface area contributed by atoms with Gasteiger partial charge in [0.15, 0.2) is 0 Å². The molecular weight excluding hydrogens is 570 g/mol. The van der Waals surface area contributed by atoms with E-state index in [9.17, 15) is 0 Å². The Hall–Kier alpha value is 0.0619. The molecule has 26 heavy (non-hydrogen) atoms. The number of hydrogen-bond donors (Lipinski definition) is 0. The Morgan fingerprint density at radius 3 is 2.27 bits per heavy atom. The van der Waals surface area contributed by atoms with Gasteiger partial charge in [0.2, 0.25) is 0 Å². The second kappa shape index (κ2) is 17.2. The van der Waals surface area contributed by atoms with Gasteiger partial charge in [0, 0.05) is 6.61 Å². The van der Waals surface area contributed by atoms with Gasteiger partial charge in [-0.3, -0.25) is 0 Å². The van der Waals surface area contributed by atoms with Crippen molar-refractivity contribution in [3.8, 4) is 0 Å². The zero-order chi connectivity index (χ0) is 19.1. The molecule has 2 aliphatic rings. The third kappa shape index (κ3) is 11.7. The number of hydrogen-bond acceptors (Lipinski definition) is 2. The number of rotatable bonds is 1. The fourth-order valence-electron chi connectivity index (χ4n) is 3.13. The predicted octanol–water partition coefficient (Wildman–Crippen LogP) is 6.49. The smallest absolute Gasteiger partial charge is 0.375 e. The standard InChI is InChI=1S/C10H18O.C8H8Cl.C2H3O.C2H6.U/c1-9-3-6-10(7-4-9)5-2-8-11-10;1-2-7-4-3-5-8(9)6-7;1-2-3;1-2;/h9H,2-8H2,1H3;3-5H,2H2,1H3;2H,1H2;1-2H3;/q;2*-1;;+2. The summed E-state index contributed by atoms with van der Waals surface area (Å²) in [5, 5.41) is 0.703. The van der Waals surface area contributed by atoms with Crippen LogP contribution in [0.15, 0.2) is 18.2 Å². The first-order chi connectivity index (χ1) is 12.0. The number of ether oxygens (including phenoxy) is 1. The van der Waals surface area contributed by atoms with E-state index < -0.39 is 0 Å². The van der Waals surface area contributed by atoms with E-state index in [1.807, 2.05) is 32.0 Å². The third-order valence-corrected chi connectivity index (χ3v) is 4.79. The van der Waals surface area contributed by atoms with E-state index in [1.54, 1.807) is 0 Å². The van der Waals surface area contributed by atoms with Crippen LogP contribution in [0.1, 0.15) is 71.8 Å². The molecular formula is C22H35ClO2U. The van der Waals surface area contributed by atoms with Crippen molar-refractivity contribution in [1.82, 2.24) is 0 Å². The maximum absolute atomic E-state index is 8.69. The van der Waals surface area contributed by atoms with Crippen LogP contribution in [0.2, 0.25) is 5.02 Å². The summed E-state index contributed by atoms with van der Waals surface area (Å²) in [6, 6.07) is 8.82. The van der Waals surface area contributed by atoms with Crippen LogP contribution >= 0.6 is 11.6 Å². The summed E-state index contributed by atoms with van der Waals surface area (Å²) < 4.78 is 5.83. The molecule has 0 aromatic heterocycles. The molecule has 1 aliphatic heterocycles. The Labute approximate surface area is 190 Å². The Bertz CT molecular complexity index is 449. The predicted molar refractivity (Wildman–Crippen MR) is 108 cm³/mol. The van der Waals surface area contributed by atoms with Crippen LogP contribution in [0.5, 0.6) is 0 Å². The van der Waals surface area contributed by atoms with Crippen LogP contribution in [0.3, 0.4) is 0 Å². The molecule has 1 aromatic rings. The van der Waals surface area contributed by atoms with Gasteiger partial charge in [0.05, 0.1) is 5.60 Å². The van der Waals surface area contributed by atoms with Gasteiger partial charge in [0.1, 0.15) is 0 Å². The van der Waals surface area contributed by atoms with Crippen LogP contribution in [0.4, 0.5) is 0 Å². The fourth-order valence-corrected chi connectivity index (χ4v) is 3.32. The largest absolute Gasteiger partial charge is 2.00 e. The van der Waals surface area contributed by atoms with Crippen molar-refractivity contribution >= 4 is 17.9 Å². The zero-order valence-corrected chi connectivity index (χ0v) is 21.9. The summed E-state index contributed by atoms with van der Waals surface area (Å²) >= 11 is 5.67. The van der Waals surface area contributed by atoms with Crippen molar-refractivity contribution in [2.75, 3.05) is 6.61 Å². The molecule has 0 bridgehead atoms. The maximum Gasteiger partial charge on any atom is 2.00 e. The number of benzene rings is 1. The van der Waals surface area contributed by atoms with Crippen molar-refractivity contribution in [3.63, 3.8) is 0 Å². The van der Waals surface area contributed by atoms with Crippen molar-refractivity contribution in [3.05, 3.63) is 41.8 Å². The van der Waals surface area contributed by atoms with E-state index in [0.717, 1.165) is 18.9 Å². The van der Waals surface area contributed by atoms with E-state index in [-0.39, 0.29) is 31.1 Å². The van der Waals surface area contributed by atoms with Gasteiger partial charge >= 0.3 is 31.1 Å². The maximum atomic E-state index is 8.69. The number of halogens is 1. The summed E-state index contributed by atoms with van der Waals surface area (Å²) in [7, 11) is 0. The van der Waals surface area contributed by atoms with Gasteiger partial charge in [0.25, 0.3) is 0 Å². The van der Waals surface area contributed by atoms with Gasteiger partial charge in [-0.2, -0.15) is 29.8 Å². The zero-order valence-electron chi connectivity index (χ0n) is 16.9. The van der Waals surface area contributed by atoms with Crippen LogP contribution in [-0.4, -0.2) is 18.5 Å². The van der Waals surface area contributed by atoms with Crippen LogP contribution in [0.25, 0.3) is 0 Å². The van der Waals surface area contributed by atoms with Crippen molar-refractivity contribution in [2.45, 2.75) is 78.2 Å². The first-order valence-corrected chi connectivity index (χ1v) is 9.96. The monoisotopic (exact) mass is 604 g/mol. The number of aryl methyl sites for hydroxylation is 1. The average molecular weight is 605 g/mol. The van der Waals surface area contributed by atoms with Crippen molar-refractivity contribution < 1.29 is 40.6 Å². The summed E-state index contributed by atoms with van der Waals surface area (Å²) in [4.78, 5) is 8.69. The molecule has 2 nitrogen and oxygen atoms in total. The molecule has 1 saturated heterocycles. The van der Waals surface area contributed by atoms with Crippen LogP contribution in [-0.2, 0) is 16.0 Å². The summed E-state index contributed by atoms with van der Waals surface area (Å²) in [5.74, 6) is 0.949. The van der Waals surface area contributed by atoms with E-state index in [0.29, 0.717) is 16.9 Å². The van der Waals surface area contributed by atoms with Crippen LogP contribution < -0.4 is 0 Å². The minimum atomic E-state index is 0. The molecule has 3 rings (SSSR count). The topological polar surface area (TPSA) is 26.3 Å². The Kier molecular flexibility index (Phi) is 18.7. The Morgan fingerprint density at radius 2 is 1.88 bits per heavy atom. The van der Waals surface area contributed by atoms with Gasteiger partial charge in [-0.1, -0.05) is 39.1 Å². The van der Waals surface area contributed by atoms with Gasteiger partial charge in [-0.15, -0.1) is 11.6 Å². The number of aldehydes is 1. The normalized spacial score (nSPS) is 23.0. The molecule has 0 atom stereocenters. The van der Waals surface area contributed by atoms with Crippen LogP contribution in [0, 0.1) is 50.0 Å². The average Bonchev–Trinajstić information content (AvgIpc) is 3.09. The Balaban J connectivity index is 0. The first kappa shape index (κ1) is 28.3. The molecule has 1 aromatic carbocycles. The minimum absolute atomic E-state index is 0. The molecule has 2 fully saturated rings. The third-order valence-electron chi connectivity index (χ3n) is 4.57. The fraction of sp³-hybridized carbons (Fsp3) is 0.636. The molecule has 0 N–H and O–H groups in total. The van der Waals surface area contributed by atoms with E-state index in [1.165, 1.54) is 44.1 Å². The number of carbonyl (C=O) groups excluding carboxylic acids is 1. The minimum Gasteiger partial charge on any atom is -0.375 e. The van der Waals surface area contributed by atoms with Crippen molar-refractivity contribution in [1.29, 1.82) is 0 Å². The molecule has 1 aliphatic carbocycles. The van der Waals surface area contributed by atoms with Gasteiger partial charge < -0.3 is 16.5 Å². The van der Waals surface area contributed by atoms with E-state index in [4.69, 9.17) is 21.1 Å². The van der Waals surface area contributed by atoms with Gasteiger partial charge in [-0.25, -0.2) is 0 Å². The van der Waals surface area contributed by atoms with E-state index >= 15 is 0 Å². The second-order valence-corrected chi connectivity index (χ2v) is 6.77. The summed E-state index contributed by atoms with van der Waals surface area (Å²) in [5.41, 5.74) is 1.52. The first-order valence-electron chi connectivity index (χ1n) is 9.58. The SMILES string of the molecule is CC.CC1CCC2(CCCO2)CC1.CCc1[c-]c(Cl)ccc1.[CH2-]C=O.[U+2]. The molecule has 4 heteroatoms. The molecule has 0 radical (unpaired) electrons. The second-order valence-electron chi connectivity index (χ2n) is 6.36. The summed E-state index contributed by atoms with van der Waals surface area (Å²) in [6.45, 7) is 12.3.